The molecule has 21 heavy (non-hydrogen) atoms. The van der Waals surface area contributed by atoms with Crippen molar-refractivity contribution < 1.29 is 13.9 Å². The Morgan fingerprint density at radius 1 is 1.29 bits per heavy atom. The molecule has 5 heteroatoms. The van der Waals surface area contributed by atoms with Gasteiger partial charge in [-0.25, -0.2) is 9.18 Å². The van der Waals surface area contributed by atoms with E-state index in [1.54, 1.807) is 43.3 Å². The summed E-state index contributed by atoms with van der Waals surface area (Å²) in [7, 11) is 0. The van der Waals surface area contributed by atoms with E-state index in [2.05, 4.69) is 5.32 Å². The van der Waals surface area contributed by atoms with E-state index in [9.17, 15) is 9.18 Å². The highest BCUT2D eigenvalue weighted by molar-refractivity contribution is 5.96. The van der Waals surface area contributed by atoms with E-state index < -0.39 is 5.97 Å². The van der Waals surface area contributed by atoms with E-state index >= 15 is 0 Å². The molecule has 2 aromatic carbocycles. The Morgan fingerprint density at radius 3 is 2.76 bits per heavy atom. The fraction of sp³-hybridized carbons (Fsp3) is 0.188. The quantitative estimate of drug-likeness (QED) is 0.655. The van der Waals surface area contributed by atoms with E-state index in [1.807, 2.05) is 0 Å². The highest BCUT2D eigenvalue weighted by atomic mass is 19.1. The fourth-order valence-corrected chi connectivity index (χ4v) is 1.93. The molecular formula is C16H17FN2O2. The van der Waals surface area contributed by atoms with Crippen LogP contribution >= 0.6 is 0 Å². The number of hydrogen-bond donors (Lipinski definition) is 2. The van der Waals surface area contributed by atoms with Crippen molar-refractivity contribution in [2.24, 2.45) is 0 Å². The zero-order chi connectivity index (χ0) is 15.2. The number of nitrogens with one attached hydrogen (secondary N) is 1. The Morgan fingerprint density at radius 2 is 2.05 bits per heavy atom. The normalized spacial score (nSPS) is 10.2. The standard InChI is InChI=1S/C16H17FN2O2/c1-2-21-16(20)13-9-12(18)7-8-15(13)19-10-11-5-3-4-6-14(11)17/h3-9,19H,2,10,18H2,1H3. The lowest BCUT2D eigenvalue weighted by molar-refractivity contribution is 0.0527. The first-order valence-electron chi connectivity index (χ1n) is 6.65. The lowest BCUT2D eigenvalue weighted by Crippen LogP contribution is -2.11. The van der Waals surface area contributed by atoms with Crippen molar-refractivity contribution in [3.63, 3.8) is 0 Å². The highest BCUT2D eigenvalue weighted by Gasteiger charge is 2.13. The topological polar surface area (TPSA) is 64.3 Å². The molecule has 4 nitrogen and oxygen atoms in total. The summed E-state index contributed by atoms with van der Waals surface area (Å²) in [5, 5.41) is 3.04. The number of esters is 1. The van der Waals surface area contributed by atoms with Gasteiger partial charge < -0.3 is 15.8 Å². The van der Waals surface area contributed by atoms with E-state index in [4.69, 9.17) is 10.5 Å². The molecule has 0 aliphatic heterocycles. The summed E-state index contributed by atoms with van der Waals surface area (Å²) < 4.78 is 18.6. The van der Waals surface area contributed by atoms with Crippen LogP contribution in [0.4, 0.5) is 15.8 Å². The number of hydrogen-bond acceptors (Lipinski definition) is 4. The molecule has 0 saturated heterocycles. The molecule has 0 spiro atoms. The fourth-order valence-electron chi connectivity index (χ4n) is 1.93. The third-order valence-electron chi connectivity index (χ3n) is 2.97. The van der Waals surface area contributed by atoms with Crippen molar-refractivity contribution in [3.8, 4) is 0 Å². The smallest absolute Gasteiger partial charge is 0.340 e. The first kappa shape index (κ1) is 14.8. The first-order valence-corrected chi connectivity index (χ1v) is 6.65. The zero-order valence-corrected chi connectivity index (χ0v) is 11.7. The summed E-state index contributed by atoms with van der Waals surface area (Å²) in [4.78, 5) is 11.9. The molecule has 0 amide bonds. The van der Waals surface area contributed by atoms with Gasteiger partial charge in [0, 0.05) is 23.5 Å². The largest absolute Gasteiger partial charge is 0.462 e. The van der Waals surface area contributed by atoms with Gasteiger partial charge >= 0.3 is 5.97 Å². The van der Waals surface area contributed by atoms with Crippen LogP contribution in [0.5, 0.6) is 0 Å². The van der Waals surface area contributed by atoms with Crippen LogP contribution < -0.4 is 11.1 Å². The Hall–Kier alpha value is -2.56. The molecule has 0 bridgehead atoms. The molecule has 0 aliphatic rings. The molecule has 2 aromatic rings. The minimum absolute atomic E-state index is 0.267. The minimum atomic E-state index is -0.458. The molecule has 0 unspecified atom stereocenters. The van der Waals surface area contributed by atoms with Crippen LogP contribution in [0.1, 0.15) is 22.8 Å². The van der Waals surface area contributed by atoms with Gasteiger partial charge in [-0.05, 0) is 31.2 Å². The number of halogens is 1. The summed E-state index contributed by atoms with van der Waals surface area (Å²) in [5.74, 6) is -0.751. The second kappa shape index (κ2) is 6.74. The number of nitrogen functional groups attached to an aromatic ring is 1. The molecule has 110 valence electrons. The Labute approximate surface area is 122 Å². The monoisotopic (exact) mass is 288 g/mol. The average molecular weight is 288 g/mol. The van der Waals surface area contributed by atoms with Gasteiger partial charge in [-0.1, -0.05) is 18.2 Å². The van der Waals surface area contributed by atoms with Crippen LogP contribution in [-0.4, -0.2) is 12.6 Å². The number of carbonyl (C=O) groups is 1. The van der Waals surface area contributed by atoms with Gasteiger partial charge in [0.25, 0.3) is 0 Å². The van der Waals surface area contributed by atoms with Crippen LogP contribution in [0.15, 0.2) is 42.5 Å². The summed E-state index contributed by atoms with van der Waals surface area (Å²) in [6.45, 7) is 2.28. The van der Waals surface area contributed by atoms with Crippen molar-refractivity contribution in [3.05, 3.63) is 59.4 Å². The lowest BCUT2D eigenvalue weighted by Gasteiger charge is -2.12. The Balaban J connectivity index is 2.20. The molecular weight excluding hydrogens is 271 g/mol. The van der Waals surface area contributed by atoms with Crippen molar-refractivity contribution in [2.45, 2.75) is 13.5 Å². The molecule has 0 atom stereocenters. The van der Waals surface area contributed by atoms with E-state index in [-0.39, 0.29) is 19.0 Å². The van der Waals surface area contributed by atoms with Crippen LogP contribution in [0.3, 0.4) is 0 Å². The molecule has 3 N–H and O–H groups in total. The van der Waals surface area contributed by atoms with Gasteiger partial charge in [0.1, 0.15) is 5.82 Å². The molecule has 0 aromatic heterocycles. The average Bonchev–Trinajstić information content (AvgIpc) is 2.47. The number of carbonyl (C=O) groups excluding carboxylic acids is 1. The number of ether oxygens (including phenoxy) is 1. The van der Waals surface area contributed by atoms with Crippen LogP contribution in [0.2, 0.25) is 0 Å². The van der Waals surface area contributed by atoms with Gasteiger partial charge in [-0.3, -0.25) is 0 Å². The van der Waals surface area contributed by atoms with Crippen LogP contribution in [0.25, 0.3) is 0 Å². The maximum absolute atomic E-state index is 13.6. The number of rotatable bonds is 5. The van der Waals surface area contributed by atoms with E-state index in [1.165, 1.54) is 6.07 Å². The molecule has 0 aliphatic carbocycles. The minimum Gasteiger partial charge on any atom is -0.462 e. The van der Waals surface area contributed by atoms with Gasteiger partial charge in [0.15, 0.2) is 0 Å². The molecule has 2 rings (SSSR count). The maximum Gasteiger partial charge on any atom is 0.340 e. The summed E-state index contributed by atoms with van der Waals surface area (Å²) in [6.07, 6.45) is 0. The summed E-state index contributed by atoms with van der Waals surface area (Å²) in [6, 6.07) is 11.4. The van der Waals surface area contributed by atoms with Gasteiger partial charge in [-0.15, -0.1) is 0 Å². The second-order valence-electron chi connectivity index (χ2n) is 4.47. The van der Waals surface area contributed by atoms with Crippen LogP contribution in [-0.2, 0) is 11.3 Å². The van der Waals surface area contributed by atoms with Crippen molar-refractivity contribution in [1.82, 2.24) is 0 Å². The number of benzene rings is 2. The Kier molecular flexibility index (Phi) is 4.77. The SMILES string of the molecule is CCOC(=O)c1cc(N)ccc1NCc1ccccc1F. The molecule has 0 fully saturated rings. The molecule has 0 radical (unpaired) electrons. The second-order valence-corrected chi connectivity index (χ2v) is 4.47. The molecule has 0 heterocycles. The van der Waals surface area contributed by atoms with Gasteiger partial charge in [0.2, 0.25) is 0 Å². The summed E-state index contributed by atoms with van der Waals surface area (Å²) in [5.41, 5.74) is 7.58. The Bertz CT molecular complexity index is 644. The van der Waals surface area contributed by atoms with Gasteiger partial charge in [0.05, 0.1) is 12.2 Å². The van der Waals surface area contributed by atoms with E-state index in [0.717, 1.165) is 0 Å². The number of nitrogens with two attached hydrogens (primary N) is 1. The zero-order valence-electron chi connectivity index (χ0n) is 11.7. The van der Waals surface area contributed by atoms with Crippen molar-refractivity contribution >= 4 is 17.3 Å². The van der Waals surface area contributed by atoms with Crippen LogP contribution in [0, 0.1) is 5.82 Å². The van der Waals surface area contributed by atoms with Crippen molar-refractivity contribution in [1.29, 1.82) is 0 Å². The predicted molar refractivity (Wildman–Crippen MR) is 80.5 cm³/mol. The highest BCUT2D eigenvalue weighted by Crippen LogP contribution is 2.21. The van der Waals surface area contributed by atoms with E-state index in [0.29, 0.717) is 22.5 Å². The predicted octanol–water partition coefficient (Wildman–Crippen LogP) is 3.20. The van der Waals surface area contributed by atoms with Crippen molar-refractivity contribution in [2.75, 3.05) is 17.7 Å². The maximum atomic E-state index is 13.6. The third-order valence-corrected chi connectivity index (χ3v) is 2.97. The van der Waals surface area contributed by atoms with Gasteiger partial charge in [-0.2, -0.15) is 0 Å². The number of anilines is 2. The first-order chi connectivity index (χ1) is 10.1. The summed E-state index contributed by atoms with van der Waals surface area (Å²) >= 11 is 0. The lowest BCUT2D eigenvalue weighted by atomic mass is 10.1. The third kappa shape index (κ3) is 3.72. The molecule has 0 saturated carbocycles.